The summed E-state index contributed by atoms with van der Waals surface area (Å²) >= 11 is 0. The first kappa shape index (κ1) is 17.3. The summed E-state index contributed by atoms with van der Waals surface area (Å²) in [5.41, 5.74) is 6.80. The van der Waals surface area contributed by atoms with Gasteiger partial charge in [0.1, 0.15) is 6.10 Å². The maximum absolute atomic E-state index is 6.13. The monoisotopic (exact) mass is 349 g/mol. The predicted molar refractivity (Wildman–Crippen MR) is 105 cm³/mol. The zero-order valence-electron chi connectivity index (χ0n) is 15.9. The van der Waals surface area contributed by atoms with Gasteiger partial charge in [-0.3, -0.25) is 4.98 Å². The topological polar surface area (TPSA) is 30.3 Å². The number of nitrogens with zero attached hydrogens (tertiary/aromatic N) is 3. The Morgan fingerprint density at radius 1 is 1.19 bits per heavy atom. The Labute approximate surface area is 155 Å². The predicted octanol–water partition coefficient (Wildman–Crippen LogP) is 4.11. The minimum Gasteiger partial charge on any atom is -0.372 e. The minimum absolute atomic E-state index is 0.0451. The minimum atomic E-state index is 0.0451. The lowest BCUT2D eigenvalue weighted by Crippen LogP contribution is -2.28. The third-order valence-electron chi connectivity index (χ3n) is 5.39. The number of ether oxygens (including phenoxy) is 1. The lowest BCUT2D eigenvalue weighted by Gasteiger charge is -2.26. The molecule has 0 bridgehead atoms. The number of rotatable bonds is 5. The van der Waals surface area contributed by atoms with Crippen LogP contribution in [0.3, 0.4) is 0 Å². The van der Waals surface area contributed by atoms with Crippen molar-refractivity contribution in [3.63, 3.8) is 0 Å². The van der Waals surface area contributed by atoms with E-state index < -0.39 is 0 Å². The maximum atomic E-state index is 6.13. The van der Waals surface area contributed by atoms with Crippen molar-refractivity contribution in [1.29, 1.82) is 0 Å². The summed E-state index contributed by atoms with van der Waals surface area (Å²) in [5.74, 6) is 0. The molecule has 1 aliphatic heterocycles. The molecule has 0 spiro atoms. The van der Waals surface area contributed by atoms with Crippen LogP contribution in [-0.2, 0) is 24.2 Å². The fourth-order valence-electron chi connectivity index (χ4n) is 4.11. The Kier molecular flexibility index (Phi) is 4.79. The van der Waals surface area contributed by atoms with E-state index in [-0.39, 0.29) is 6.10 Å². The number of hydrogen-bond donors (Lipinski definition) is 0. The van der Waals surface area contributed by atoms with Crippen molar-refractivity contribution in [2.45, 2.75) is 39.5 Å². The average molecular weight is 349 g/mol. The van der Waals surface area contributed by atoms with Gasteiger partial charge in [-0.1, -0.05) is 11.6 Å². The van der Waals surface area contributed by atoms with E-state index in [1.165, 1.54) is 33.3 Å². The van der Waals surface area contributed by atoms with Gasteiger partial charge in [-0.05, 0) is 56.3 Å². The van der Waals surface area contributed by atoms with Crippen LogP contribution >= 0.6 is 0 Å². The van der Waals surface area contributed by atoms with E-state index in [1.807, 2.05) is 12.4 Å². The van der Waals surface area contributed by atoms with Crippen LogP contribution in [0.15, 0.2) is 42.7 Å². The first-order valence-electron chi connectivity index (χ1n) is 9.48. The molecule has 1 atom stereocenters. The van der Waals surface area contributed by atoms with Crippen molar-refractivity contribution < 1.29 is 4.74 Å². The van der Waals surface area contributed by atoms with Crippen LogP contribution in [0.1, 0.15) is 35.4 Å². The van der Waals surface area contributed by atoms with Crippen molar-refractivity contribution in [3.8, 4) is 0 Å². The molecule has 136 valence electrons. The summed E-state index contributed by atoms with van der Waals surface area (Å²) in [6, 6.07) is 11.0. The number of aryl methyl sites for hydroxylation is 1. The third kappa shape index (κ3) is 3.15. The number of hydrogen-bond acceptors (Lipinski definition) is 3. The van der Waals surface area contributed by atoms with Gasteiger partial charge in [0.05, 0.1) is 6.54 Å². The largest absolute Gasteiger partial charge is 0.372 e. The van der Waals surface area contributed by atoms with Crippen LogP contribution in [0.5, 0.6) is 0 Å². The van der Waals surface area contributed by atoms with E-state index >= 15 is 0 Å². The number of benzene rings is 1. The van der Waals surface area contributed by atoms with Gasteiger partial charge in [0.25, 0.3) is 0 Å². The zero-order chi connectivity index (χ0) is 18.1. The SMILES string of the molecule is CCOC(Cn1c2c(c3cc(C)ccc31)CN(C)CC2)c1ccncc1. The molecule has 26 heavy (non-hydrogen) atoms. The molecule has 4 nitrogen and oxygen atoms in total. The molecule has 1 aliphatic rings. The highest BCUT2D eigenvalue weighted by Crippen LogP contribution is 2.33. The Balaban J connectivity index is 1.80. The van der Waals surface area contributed by atoms with Gasteiger partial charge >= 0.3 is 0 Å². The summed E-state index contributed by atoms with van der Waals surface area (Å²) in [5, 5.41) is 1.40. The second kappa shape index (κ2) is 7.22. The van der Waals surface area contributed by atoms with Crippen molar-refractivity contribution in [2.24, 2.45) is 0 Å². The highest BCUT2D eigenvalue weighted by Gasteiger charge is 2.24. The smallest absolute Gasteiger partial charge is 0.100 e. The quantitative estimate of drug-likeness (QED) is 0.694. The van der Waals surface area contributed by atoms with Gasteiger partial charge in [0, 0.05) is 55.1 Å². The number of pyridine rings is 1. The Hall–Kier alpha value is -2.17. The molecular weight excluding hydrogens is 322 g/mol. The van der Waals surface area contributed by atoms with Crippen molar-refractivity contribution in [1.82, 2.24) is 14.5 Å². The molecular formula is C22H27N3O. The normalized spacial score (nSPS) is 16.0. The van der Waals surface area contributed by atoms with Crippen LogP contribution in [-0.4, -0.2) is 34.7 Å². The van der Waals surface area contributed by atoms with Crippen LogP contribution in [0.2, 0.25) is 0 Å². The standard InChI is InChI=1S/C22H27N3O/c1-4-26-22(17-7-10-23-11-8-17)15-25-20-6-5-16(2)13-18(20)19-14-24(3)12-9-21(19)25/h5-8,10-11,13,22H,4,9,12,14-15H2,1-3H3. The van der Waals surface area contributed by atoms with Crippen LogP contribution in [0, 0.1) is 6.92 Å². The fraction of sp³-hybridized carbons (Fsp3) is 0.409. The molecule has 0 saturated heterocycles. The highest BCUT2D eigenvalue weighted by molar-refractivity contribution is 5.86. The Morgan fingerprint density at radius 3 is 2.77 bits per heavy atom. The molecule has 0 N–H and O–H groups in total. The number of likely N-dealkylation sites (N-methyl/N-ethyl adjacent to an activating group) is 1. The van der Waals surface area contributed by atoms with Gasteiger partial charge in [-0.2, -0.15) is 0 Å². The maximum Gasteiger partial charge on any atom is 0.100 e. The van der Waals surface area contributed by atoms with E-state index in [1.54, 1.807) is 0 Å². The van der Waals surface area contributed by atoms with E-state index in [0.29, 0.717) is 6.61 Å². The molecule has 0 amide bonds. The summed E-state index contributed by atoms with van der Waals surface area (Å²) in [7, 11) is 2.21. The van der Waals surface area contributed by atoms with Crippen molar-refractivity contribution in [2.75, 3.05) is 20.2 Å². The van der Waals surface area contributed by atoms with Crippen LogP contribution < -0.4 is 0 Å². The molecule has 1 unspecified atom stereocenters. The Morgan fingerprint density at radius 2 is 2.00 bits per heavy atom. The lowest BCUT2D eigenvalue weighted by molar-refractivity contribution is 0.0498. The van der Waals surface area contributed by atoms with E-state index in [4.69, 9.17) is 4.74 Å². The first-order chi connectivity index (χ1) is 12.7. The van der Waals surface area contributed by atoms with E-state index in [0.717, 1.165) is 26.1 Å². The van der Waals surface area contributed by atoms with Gasteiger partial charge in [0.15, 0.2) is 0 Å². The van der Waals surface area contributed by atoms with Crippen LogP contribution in [0.25, 0.3) is 10.9 Å². The highest BCUT2D eigenvalue weighted by atomic mass is 16.5. The molecule has 4 rings (SSSR count). The lowest BCUT2D eigenvalue weighted by atomic mass is 10.0. The van der Waals surface area contributed by atoms with Crippen molar-refractivity contribution >= 4 is 10.9 Å². The Bertz CT molecular complexity index is 901. The average Bonchev–Trinajstić information content (AvgIpc) is 2.94. The summed E-state index contributed by atoms with van der Waals surface area (Å²) < 4.78 is 8.62. The first-order valence-corrected chi connectivity index (χ1v) is 9.48. The van der Waals surface area contributed by atoms with Gasteiger partial charge < -0.3 is 14.2 Å². The second-order valence-electron chi connectivity index (χ2n) is 7.27. The molecule has 3 aromatic rings. The van der Waals surface area contributed by atoms with Gasteiger partial charge in [-0.15, -0.1) is 0 Å². The summed E-state index contributed by atoms with van der Waals surface area (Å²) in [6.45, 7) is 7.92. The molecule has 0 aliphatic carbocycles. The third-order valence-corrected chi connectivity index (χ3v) is 5.39. The van der Waals surface area contributed by atoms with E-state index in [9.17, 15) is 0 Å². The summed E-state index contributed by atoms with van der Waals surface area (Å²) in [6.07, 6.45) is 4.84. The summed E-state index contributed by atoms with van der Waals surface area (Å²) in [4.78, 5) is 6.57. The molecule has 1 aromatic carbocycles. The molecule has 3 heterocycles. The molecule has 0 fully saturated rings. The fourth-order valence-corrected chi connectivity index (χ4v) is 4.11. The molecule has 0 saturated carbocycles. The molecule has 0 radical (unpaired) electrons. The van der Waals surface area contributed by atoms with Crippen molar-refractivity contribution in [3.05, 3.63) is 65.1 Å². The molecule has 4 heteroatoms. The number of fused-ring (bicyclic) bond motifs is 3. The number of aromatic nitrogens is 2. The van der Waals surface area contributed by atoms with Gasteiger partial charge in [-0.25, -0.2) is 0 Å². The second-order valence-corrected chi connectivity index (χ2v) is 7.27. The zero-order valence-corrected chi connectivity index (χ0v) is 15.9. The van der Waals surface area contributed by atoms with Crippen LogP contribution in [0.4, 0.5) is 0 Å². The van der Waals surface area contributed by atoms with Gasteiger partial charge in [0.2, 0.25) is 0 Å². The van der Waals surface area contributed by atoms with E-state index in [2.05, 4.69) is 65.7 Å². The molecule has 2 aromatic heterocycles.